The average Bonchev–Trinajstić information content (AvgIpc) is 2.56. The number of benzene rings is 1. The number of para-hydroxylation sites is 1. The number of hydrogen-bond acceptors (Lipinski definition) is 2. The van der Waals surface area contributed by atoms with Crippen molar-refractivity contribution >= 4 is 5.78 Å². The van der Waals surface area contributed by atoms with Crippen molar-refractivity contribution in [2.45, 2.75) is 38.5 Å². The van der Waals surface area contributed by atoms with Crippen LogP contribution in [0.1, 0.15) is 38.5 Å². The van der Waals surface area contributed by atoms with E-state index < -0.39 is 0 Å². The molecule has 0 spiro atoms. The molecule has 1 aliphatic carbocycles. The molecular weight excluding hydrogens is 212 g/mol. The molecule has 0 bridgehead atoms. The fourth-order valence-corrected chi connectivity index (χ4v) is 2.37. The predicted molar refractivity (Wildman–Crippen MR) is 68.1 cm³/mol. The second-order valence-electron chi connectivity index (χ2n) is 4.71. The van der Waals surface area contributed by atoms with E-state index in [1.807, 2.05) is 30.3 Å². The number of hydrogen-bond donors (Lipinski definition) is 0. The van der Waals surface area contributed by atoms with Gasteiger partial charge in [0.15, 0.2) is 0 Å². The number of carbonyl (C=O) groups is 1. The lowest BCUT2D eigenvalue weighted by molar-refractivity contribution is -0.123. The van der Waals surface area contributed by atoms with Crippen molar-refractivity contribution in [3.05, 3.63) is 30.3 Å². The molecule has 2 heteroatoms. The Labute approximate surface area is 103 Å². The molecule has 1 atom stereocenters. The fourth-order valence-electron chi connectivity index (χ4n) is 2.37. The molecule has 92 valence electrons. The number of ether oxygens (including phenoxy) is 1. The molecule has 1 aliphatic rings. The summed E-state index contributed by atoms with van der Waals surface area (Å²) in [5, 5.41) is 0. The Morgan fingerprint density at radius 1 is 1.12 bits per heavy atom. The molecule has 2 rings (SSSR count). The molecule has 1 aromatic rings. The summed E-state index contributed by atoms with van der Waals surface area (Å²) < 4.78 is 5.65. The molecule has 2 nitrogen and oxygen atoms in total. The van der Waals surface area contributed by atoms with Crippen LogP contribution in [0.15, 0.2) is 30.3 Å². The van der Waals surface area contributed by atoms with E-state index >= 15 is 0 Å². The summed E-state index contributed by atoms with van der Waals surface area (Å²) in [4.78, 5) is 11.8. The molecule has 0 N–H and O–H groups in total. The first-order valence-corrected chi connectivity index (χ1v) is 6.57. The standard InChI is InChI=1S/C15H20O2/c16-15-10-6-1-3-7-13(15)11-12-17-14-8-4-2-5-9-14/h2,4-5,8-9,13H,1,3,6-7,10-12H2. The van der Waals surface area contributed by atoms with Crippen molar-refractivity contribution < 1.29 is 9.53 Å². The highest BCUT2D eigenvalue weighted by Crippen LogP contribution is 2.23. The van der Waals surface area contributed by atoms with Gasteiger partial charge in [-0.2, -0.15) is 0 Å². The van der Waals surface area contributed by atoms with Crippen LogP contribution in [-0.4, -0.2) is 12.4 Å². The highest BCUT2D eigenvalue weighted by atomic mass is 16.5. The van der Waals surface area contributed by atoms with Crippen LogP contribution < -0.4 is 4.74 Å². The van der Waals surface area contributed by atoms with Crippen LogP contribution in [0, 0.1) is 5.92 Å². The van der Waals surface area contributed by atoms with Gasteiger partial charge in [-0.25, -0.2) is 0 Å². The Hall–Kier alpha value is -1.31. The molecule has 1 fully saturated rings. The highest BCUT2D eigenvalue weighted by molar-refractivity contribution is 5.81. The van der Waals surface area contributed by atoms with Crippen molar-refractivity contribution in [3.63, 3.8) is 0 Å². The second-order valence-corrected chi connectivity index (χ2v) is 4.71. The van der Waals surface area contributed by atoms with Crippen molar-refractivity contribution in [2.24, 2.45) is 5.92 Å². The molecule has 0 radical (unpaired) electrons. The number of ketones is 1. The third-order valence-electron chi connectivity index (χ3n) is 3.41. The maximum Gasteiger partial charge on any atom is 0.136 e. The van der Waals surface area contributed by atoms with Crippen molar-refractivity contribution in [1.29, 1.82) is 0 Å². The van der Waals surface area contributed by atoms with Gasteiger partial charge in [0, 0.05) is 12.3 Å². The van der Waals surface area contributed by atoms with Gasteiger partial charge in [-0.3, -0.25) is 4.79 Å². The van der Waals surface area contributed by atoms with Gasteiger partial charge in [-0.15, -0.1) is 0 Å². The van der Waals surface area contributed by atoms with Gasteiger partial charge in [-0.05, 0) is 31.4 Å². The van der Waals surface area contributed by atoms with Crippen LogP contribution in [0.3, 0.4) is 0 Å². The monoisotopic (exact) mass is 232 g/mol. The van der Waals surface area contributed by atoms with E-state index in [9.17, 15) is 4.79 Å². The Morgan fingerprint density at radius 3 is 2.76 bits per heavy atom. The largest absolute Gasteiger partial charge is 0.494 e. The van der Waals surface area contributed by atoms with Gasteiger partial charge < -0.3 is 4.74 Å². The van der Waals surface area contributed by atoms with E-state index in [2.05, 4.69) is 0 Å². The van der Waals surface area contributed by atoms with Crippen molar-refractivity contribution in [2.75, 3.05) is 6.61 Å². The van der Waals surface area contributed by atoms with Gasteiger partial charge in [0.05, 0.1) is 6.61 Å². The van der Waals surface area contributed by atoms with Crippen LogP contribution in [-0.2, 0) is 4.79 Å². The zero-order valence-corrected chi connectivity index (χ0v) is 10.2. The Bertz CT molecular complexity index is 345. The summed E-state index contributed by atoms with van der Waals surface area (Å²) in [6.07, 6.45) is 6.18. The zero-order valence-electron chi connectivity index (χ0n) is 10.2. The number of rotatable bonds is 4. The van der Waals surface area contributed by atoms with E-state index in [0.29, 0.717) is 12.4 Å². The maximum atomic E-state index is 11.8. The van der Waals surface area contributed by atoms with Crippen LogP contribution in [0.2, 0.25) is 0 Å². The van der Waals surface area contributed by atoms with E-state index in [4.69, 9.17) is 4.74 Å². The molecule has 1 unspecified atom stereocenters. The minimum absolute atomic E-state index is 0.237. The summed E-state index contributed by atoms with van der Waals surface area (Å²) in [6.45, 7) is 0.653. The van der Waals surface area contributed by atoms with Crippen molar-refractivity contribution in [3.8, 4) is 5.75 Å². The topological polar surface area (TPSA) is 26.3 Å². The molecule has 1 aromatic carbocycles. The first-order valence-electron chi connectivity index (χ1n) is 6.57. The van der Waals surface area contributed by atoms with Gasteiger partial charge in [0.2, 0.25) is 0 Å². The summed E-state index contributed by atoms with van der Waals surface area (Å²) in [5.41, 5.74) is 0. The summed E-state index contributed by atoms with van der Waals surface area (Å²) in [7, 11) is 0. The number of carbonyl (C=O) groups excluding carboxylic acids is 1. The quantitative estimate of drug-likeness (QED) is 0.741. The van der Waals surface area contributed by atoms with E-state index in [1.54, 1.807) is 0 Å². The van der Waals surface area contributed by atoms with Crippen LogP contribution in [0.5, 0.6) is 5.75 Å². The van der Waals surface area contributed by atoms with Gasteiger partial charge >= 0.3 is 0 Å². The lowest BCUT2D eigenvalue weighted by atomic mass is 9.96. The van der Waals surface area contributed by atoms with Crippen molar-refractivity contribution in [1.82, 2.24) is 0 Å². The lowest BCUT2D eigenvalue weighted by Crippen LogP contribution is -2.15. The highest BCUT2D eigenvalue weighted by Gasteiger charge is 2.20. The molecule has 0 aliphatic heterocycles. The van der Waals surface area contributed by atoms with Crippen LogP contribution in [0.25, 0.3) is 0 Å². The lowest BCUT2D eigenvalue weighted by Gasteiger charge is -2.13. The Morgan fingerprint density at radius 2 is 1.94 bits per heavy atom. The molecule has 17 heavy (non-hydrogen) atoms. The maximum absolute atomic E-state index is 11.8. The molecule has 0 saturated heterocycles. The van der Waals surface area contributed by atoms with Gasteiger partial charge in [0.25, 0.3) is 0 Å². The third-order valence-corrected chi connectivity index (χ3v) is 3.41. The first kappa shape index (κ1) is 12.2. The van der Waals surface area contributed by atoms with Crippen LogP contribution >= 0.6 is 0 Å². The minimum Gasteiger partial charge on any atom is -0.494 e. The Balaban J connectivity index is 1.75. The fraction of sp³-hybridized carbons (Fsp3) is 0.533. The van der Waals surface area contributed by atoms with Gasteiger partial charge in [0.1, 0.15) is 11.5 Å². The summed E-state index contributed by atoms with van der Waals surface area (Å²) in [5.74, 6) is 1.58. The molecule has 0 amide bonds. The second kappa shape index (κ2) is 6.43. The van der Waals surface area contributed by atoms with E-state index in [1.165, 1.54) is 12.8 Å². The SMILES string of the molecule is O=C1CCCCCC1CCOc1ccccc1. The average molecular weight is 232 g/mol. The van der Waals surface area contributed by atoms with E-state index in [-0.39, 0.29) is 5.92 Å². The summed E-state index contributed by atoms with van der Waals surface area (Å²) in [6, 6.07) is 9.81. The zero-order chi connectivity index (χ0) is 11.9. The summed E-state index contributed by atoms with van der Waals surface area (Å²) >= 11 is 0. The molecular formula is C15H20O2. The van der Waals surface area contributed by atoms with Gasteiger partial charge in [-0.1, -0.05) is 31.0 Å². The Kier molecular flexibility index (Phi) is 4.60. The third kappa shape index (κ3) is 3.88. The first-order chi connectivity index (χ1) is 8.36. The molecule has 1 saturated carbocycles. The smallest absolute Gasteiger partial charge is 0.136 e. The van der Waals surface area contributed by atoms with E-state index in [0.717, 1.165) is 31.4 Å². The molecule has 0 heterocycles. The normalized spacial score (nSPS) is 20.9. The minimum atomic E-state index is 0.237. The molecule has 0 aromatic heterocycles. The predicted octanol–water partition coefficient (Wildman–Crippen LogP) is 3.60. The van der Waals surface area contributed by atoms with Crippen LogP contribution in [0.4, 0.5) is 0 Å². The number of Topliss-reactive ketones (excluding diaryl/α,β-unsaturated/α-hetero) is 1.